The van der Waals surface area contributed by atoms with Crippen molar-refractivity contribution in [1.82, 2.24) is 9.80 Å². The van der Waals surface area contributed by atoms with Crippen LogP contribution in [0, 0.1) is 0 Å². The summed E-state index contributed by atoms with van der Waals surface area (Å²) >= 11 is 0. The van der Waals surface area contributed by atoms with Gasteiger partial charge in [-0.15, -0.1) is 0 Å². The van der Waals surface area contributed by atoms with Crippen molar-refractivity contribution in [2.75, 3.05) is 26.2 Å². The number of hydrogen-bond donors (Lipinski definition) is 0. The Bertz CT molecular complexity index is 729. The molecular formula is C21H26N2O3. The summed E-state index contributed by atoms with van der Waals surface area (Å²) in [4.78, 5) is 28.5. The van der Waals surface area contributed by atoms with Crippen LogP contribution in [0.4, 0.5) is 0 Å². The number of furan rings is 1. The highest BCUT2D eigenvalue weighted by atomic mass is 16.3. The zero-order valence-electron chi connectivity index (χ0n) is 15.5. The first-order chi connectivity index (χ1) is 12.6. The van der Waals surface area contributed by atoms with E-state index in [9.17, 15) is 9.59 Å². The van der Waals surface area contributed by atoms with Gasteiger partial charge in [-0.25, -0.2) is 0 Å². The Morgan fingerprint density at radius 1 is 1.04 bits per heavy atom. The Kier molecular flexibility index (Phi) is 5.76. The molecule has 3 rings (SSSR count). The molecule has 5 nitrogen and oxygen atoms in total. The number of nitrogens with zero attached hydrogens (tertiary/aromatic N) is 2. The molecule has 1 aliphatic heterocycles. The highest BCUT2D eigenvalue weighted by molar-refractivity contribution is 5.91. The van der Waals surface area contributed by atoms with E-state index in [-0.39, 0.29) is 17.7 Å². The zero-order chi connectivity index (χ0) is 18.5. The molecule has 1 aromatic heterocycles. The quantitative estimate of drug-likeness (QED) is 0.828. The van der Waals surface area contributed by atoms with Crippen molar-refractivity contribution in [3.63, 3.8) is 0 Å². The second kappa shape index (κ2) is 8.21. The van der Waals surface area contributed by atoms with E-state index in [1.54, 1.807) is 17.0 Å². The topological polar surface area (TPSA) is 53.8 Å². The molecule has 26 heavy (non-hydrogen) atoms. The molecule has 1 atom stereocenters. The van der Waals surface area contributed by atoms with Gasteiger partial charge in [0.25, 0.3) is 5.91 Å². The van der Waals surface area contributed by atoms with Crippen molar-refractivity contribution in [3.05, 3.63) is 59.5 Å². The smallest absolute Gasteiger partial charge is 0.289 e. The van der Waals surface area contributed by atoms with Crippen molar-refractivity contribution in [3.8, 4) is 0 Å². The van der Waals surface area contributed by atoms with Crippen molar-refractivity contribution < 1.29 is 14.0 Å². The molecule has 0 spiro atoms. The van der Waals surface area contributed by atoms with Crippen molar-refractivity contribution in [1.29, 1.82) is 0 Å². The van der Waals surface area contributed by atoms with Gasteiger partial charge in [-0.1, -0.05) is 38.1 Å². The second-order valence-electron chi connectivity index (χ2n) is 6.85. The third kappa shape index (κ3) is 4.15. The fraction of sp³-hybridized carbons (Fsp3) is 0.429. The van der Waals surface area contributed by atoms with Crippen molar-refractivity contribution in [2.45, 2.75) is 32.6 Å². The fourth-order valence-corrected chi connectivity index (χ4v) is 3.31. The molecule has 0 saturated carbocycles. The summed E-state index contributed by atoms with van der Waals surface area (Å²) in [5.74, 6) is 0.596. The molecule has 0 aliphatic carbocycles. The van der Waals surface area contributed by atoms with Crippen LogP contribution < -0.4 is 0 Å². The number of rotatable bonds is 5. The number of piperazine rings is 1. The largest absolute Gasteiger partial charge is 0.459 e. The van der Waals surface area contributed by atoms with Gasteiger partial charge in [-0.3, -0.25) is 9.59 Å². The number of amides is 2. The highest BCUT2D eigenvalue weighted by Gasteiger charge is 2.26. The van der Waals surface area contributed by atoms with Crippen LogP contribution in [0.15, 0.2) is 47.1 Å². The van der Waals surface area contributed by atoms with Crippen LogP contribution in [0.25, 0.3) is 0 Å². The first-order valence-corrected chi connectivity index (χ1v) is 9.28. The Morgan fingerprint density at radius 3 is 2.27 bits per heavy atom. The first kappa shape index (κ1) is 18.2. The van der Waals surface area contributed by atoms with Crippen LogP contribution in [-0.2, 0) is 11.2 Å². The van der Waals surface area contributed by atoms with Gasteiger partial charge in [0.05, 0.1) is 6.26 Å². The first-order valence-electron chi connectivity index (χ1n) is 9.28. The lowest BCUT2D eigenvalue weighted by atomic mass is 9.95. The van der Waals surface area contributed by atoms with Gasteiger partial charge in [0.1, 0.15) is 0 Å². The summed E-state index contributed by atoms with van der Waals surface area (Å²) in [6.45, 7) is 6.48. The minimum Gasteiger partial charge on any atom is -0.459 e. The SMILES string of the molecule is CCc1ccc(C(C)CC(=O)N2CCN(C(=O)c3ccco3)CC2)cc1. The minimum atomic E-state index is -0.105. The minimum absolute atomic E-state index is 0.105. The molecule has 2 amide bonds. The van der Waals surface area contributed by atoms with Crippen LogP contribution in [0.2, 0.25) is 0 Å². The lowest BCUT2D eigenvalue weighted by Crippen LogP contribution is -2.50. The number of benzene rings is 1. The summed E-state index contributed by atoms with van der Waals surface area (Å²) in [6, 6.07) is 11.9. The lowest BCUT2D eigenvalue weighted by molar-refractivity contribution is -0.133. The molecule has 2 aromatic rings. The van der Waals surface area contributed by atoms with Gasteiger partial charge in [0, 0.05) is 32.6 Å². The van der Waals surface area contributed by atoms with E-state index in [0.717, 1.165) is 6.42 Å². The van der Waals surface area contributed by atoms with E-state index in [1.165, 1.54) is 17.4 Å². The molecule has 2 heterocycles. The fourth-order valence-electron chi connectivity index (χ4n) is 3.31. The van der Waals surface area contributed by atoms with Gasteiger partial charge in [-0.2, -0.15) is 0 Å². The molecule has 1 aromatic carbocycles. The second-order valence-corrected chi connectivity index (χ2v) is 6.85. The molecule has 1 aliphatic rings. The lowest BCUT2D eigenvalue weighted by Gasteiger charge is -2.34. The molecule has 5 heteroatoms. The van der Waals surface area contributed by atoms with E-state index in [1.807, 2.05) is 4.90 Å². The van der Waals surface area contributed by atoms with Gasteiger partial charge in [0.15, 0.2) is 5.76 Å². The summed E-state index contributed by atoms with van der Waals surface area (Å²) in [6.07, 6.45) is 3.02. The predicted octanol–water partition coefficient (Wildman–Crippen LogP) is 3.32. The average Bonchev–Trinajstić information content (AvgIpc) is 3.22. The maximum absolute atomic E-state index is 12.6. The third-order valence-corrected chi connectivity index (χ3v) is 5.09. The molecule has 0 N–H and O–H groups in total. The number of carbonyl (C=O) groups is 2. The van der Waals surface area contributed by atoms with Crippen LogP contribution >= 0.6 is 0 Å². The molecule has 0 radical (unpaired) electrons. The Hall–Kier alpha value is -2.56. The van der Waals surface area contributed by atoms with Crippen LogP contribution in [0.5, 0.6) is 0 Å². The molecule has 1 fully saturated rings. The highest BCUT2D eigenvalue weighted by Crippen LogP contribution is 2.21. The van der Waals surface area contributed by atoms with Gasteiger partial charge < -0.3 is 14.2 Å². The summed E-state index contributed by atoms with van der Waals surface area (Å²) in [5.41, 5.74) is 2.51. The Labute approximate surface area is 154 Å². The van der Waals surface area contributed by atoms with E-state index >= 15 is 0 Å². The van der Waals surface area contributed by atoms with E-state index in [4.69, 9.17) is 4.42 Å². The van der Waals surface area contributed by atoms with Gasteiger partial charge >= 0.3 is 0 Å². The number of hydrogen-bond acceptors (Lipinski definition) is 3. The average molecular weight is 354 g/mol. The van der Waals surface area contributed by atoms with Crippen LogP contribution in [-0.4, -0.2) is 47.8 Å². The summed E-state index contributed by atoms with van der Waals surface area (Å²) in [5, 5.41) is 0. The van der Waals surface area contributed by atoms with Crippen molar-refractivity contribution >= 4 is 11.8 Å². The Balaban J connectivity index is 1.50. The van der Waals surface area contributed by atoms with Gasteiger partial charge in [-0.05, 0) is 35.6 Å². The monoisotopic (exact) mass is 354 g/mol. The molecule has 0 bridgehead atoms. The Morgan fingerprint density at radius 2 is 1.69 bits per heavy atom. The third-order valence-electron chi connectivity index (χ3n) is 5.09. The van der Waals surface area contributed by atoms with Gasteiger partial charge in [0.2, 0.25) is 5.91 Å². The zero-order valence-corrected chi connectivity index (χ0v) is 15.5. The van der Waals surface area contributed by atoms with E-state index in [0.29, 0.717) is 38.4 Å². The predicted molar refractivity (Wildman–Crippen MR) is 100 cm³/mol. The van der Waals surface area contributed by atoms with Crippen molar-refractivity contribution in [2.24, 2.45) is 0 Å². The maximum Gasteiger partial charge on any atom is 0.289 e. The molecular weight excluding hydrogens is 328 g/mol. The molecule has 138 valence electrons. The number of aryl methyl sites for hydroxylation is 1. The normalized spacial score (nSPS) is 15.8. The van der Waals surface area contributed by atoms with Crippen LogP contribution in [0.1, 0.15) is 47.9 Å². The van der Waals surface area contributed by atoms with E-state index in [2.05, 4.69) is 38.1 Å². The standard InChI is InChI=1S/C21H26N2O3/c1-3-17-6-8-18(9-7-17)16(2)15-20(24)22-10-12-23(13-11-22)21(25)19-5-4-14-26-19/h4-9,14,16H,3,10-13,15H2,1-2H3. The van der Waals surface area contributed by atoms with Crippen LogP contribution in [0.3, 0.4) is 0 Å². The summed E-state index contributed by atoms with van der Waals surface area (Å²) in [7, 11) is 0. The molecule has 1 saturated heterocycles. The summed E-state index contributed by atoms with van der Waals surface area (Å²) < 4.78 is 5.17. The number of carbonyl (C=O) groups excluding carboxylic acids is 2. The maximum atomic E-state index is 12.6. The van der Waals surface area contributed by atoms with E-state index < -0.39 is 0 Å². The molecule has 1 unspecified atom stereocenters.